The predicted molar refractivity (Wildman–Crippen MR) is 138 cm³/mol. The van der Waals surface area contributed by atoms with Crippen LogP contribution in [0.25, 0.3) is 21.8 Å². The van der Waals surface area contributed by atoms with Crippen LogP contribution in [0, 0.1) is 0 Å². The van der Waals surface area contributed by atoms with Crippen molar-refractivity contribution in [3.8, 4) is 0 Å². The molecule has 0 radical (unpaired) electrons. The summed E-state index contributed by atoms with van der Waals surface area (Å²) in [6.07, 6.45) is 4.97. The van der Waals surface area contributed by atoms with Crippen LogP contribution in [0.2, 0.25) is 0 Å². The molecule has 0 spiro atoms. The minimum atomic E-state index is -0.00660. The Kier molecular flexibility index (Phi) is 5.79. The number of rotatable bonds is 6. The van der Waals surface area contributed by atoms with Crippen molar-refractivity contribution in [2.45, 2.75) is 38.1 Å². The lowest BCUT2D eigenvalue weighted by molar-refractivity contribution is -0.139. The molecule has 8 heteroatoms. The van der Waals surface area contributed by atoms with E-state index in [4.69, 9.17) is 4.98 Å². The fourth-order valence-corrected chi connectivity index (χ4v) is 5.21. The molecule has 1 N–H and O–H groups in total. The number of nitrogens with one attached hydrogen (secondary N) is 1. The molecule has 184 valence electrons. The normalized spacial score (nSPS) is 16.1. The molecule has 3 heterocycles. The number of hydrogen-bond donors (Lipinski definition) is 1. The standard InChI is InChI=1S/C28H29N5O3/c34-26(12-11-25-30-24-8-4-2-6-22(24)28(36)33(25)20-9-10-20)31-13-15-32(16-14-31)27(35)17-19-18-29-23-7-3-1-5-21(19)23/h1-8,18,20,29H,9-17H2. The Bertz CT molecular complexity index is 1510. The van der Waals surface area contributed by atoms with Crippen LogP contribution in [0.3, 0.4) is 0 Å². The number of hydrogen-bond acceptors (Lipinski definition) is 4. The lowest BCUT2D eigenvalue weighted by Gasteiger charge is -2.35. The summed E-state index contributed by atoms with van der Waals surface area (Å²) < 4.78 is 1.80. The molecule has 0 atom stereocenters. The maximum atomic E-state index is 13.1. The molecular formula is C28H29N5O3. The summed E-state index contributed by atoms with van der Waals surface area (Å²) in [4.78, 5) is 50.6. The van der Waals surface area contributed by atoms with E-state index in [9.17, 15) is 14.4 Å². The van der Waals surface area contributed by atoms with E-state index in [1.165, 1.54) is 0 Å². The monoisotopic (exact) mass is 483 g/mol. The number of carbonyl (C=O) groups excluding carboxylic acids is 2. The number of fused-ring (bicyclic) bond motifs is 2. The smallest absolute Gasteiger partial charge is 0.261 e. The van der Waals surface area contributed by atoms with Crippen molar-refractivity contribution in [1.82, 2.24) is 24.3 Å². The molecule has 4 aromatic rings. The molecule has 6 rings (SSSR count). The number of benzene rings is 2. The Labute approximate surface area is 208 Å². The summed E-state index contributed by atoms with van der Waals surface area (Å²) in [5.74, 6) is 0.825. The zero-order valence-electron chi connectivity index (χ0n) is 20.2. The third-order valence-corrected chi connectivity index (χ3v) is 7.36. The van der Waals surface area contributed by atoms with Gasteiger partial charge < -0.3 is 14.8 Å². The van der Waals surface area contributed by atoms with Gasteiger partial charge in [0.05, 0.1) is 17.3 Å². The van der Waals surface area contributed by atoms with E-state index in [1.54, 1.807) is 4.57 Å². The molecule has 36 heavy (non-hydrogen) atoms. The Morgan fingerprint density at radius 2 is 1.56 bits per heavy atom. The molecule has 2 fully saturated rings. The number of aromatic amines is 1. The molecule has 2 aromatic heterocycles. The Morgan fingerprint density at radius 1 is 0.889 bits per heavy atom. The minimum Gasteiger partial charge on any atom is -0.361 e. The van der Waals surface area contributed by atoms with Crippen LogP contribution in [0.5, 0.6) is 0 Å². The molecular weight excluding hydrogens is 454 g/mol. The maximum Gasteiger partial charge on any atom is 0.261 e. The highest BCUT2D eigenvalue weighted by Crippen LogP contribution is 2.35. The lowest BCUT2D eigenvalue weighted by Crippen LogP contribution is -2.51. The first-order chi connectivity index (χ1) is 17.6. The van der Waals surface area contributed by atoms with E-state index in [-0.39, 0.29) is 23.4 Å². The number of carbonyl (C=O) groups is 2. The second-order valence-electron chi connectivity index (χ2n) is 9.75. The van der Waals surface area contributed by atoms with Crippen LogP contribution in [-0.2, 0) is 22.4 Å². The van der Waals surface area contributed by atoms with Crippen LogP contribution in [0.4, 0.5) is 0 Å². The molecule has 2 aromatic carbocycles. The largest absolute Gasteiger partial charge is 0.361 e. The predicted octanol–water partition coefficient (Wildman–Crippen LogP) is 3.06. The van der Waals surface area contributed by atoms with Crippen molar-refractivity contribution in [1.29, 1.82) is 0 Å². The first-order valence-corrected chi connectivity index (χ1v) is 12.7. The molecule has 8 nitrogen and oxygen atoms in total. The molecule has 2 aliphatic rings. The van der Waals surface area contributed by atoms with Gasteiger partial charge in [-0.2, -0.15) is 0 Å². The van der Waals surface area contributed by atoms with Gasteiger partial charge in [0.25, 0.3) is 5.56 Å². The third kappa shape index (κ3) is 4.27. The number of amides is 2. The van der Waals surface area contributed by atoms with Crippen LogP contribution in [0.1, 0.15) is 36.7 Å². The Hall–Kier alpha value is -3.94. The second kappa shape index (κ2) is 9.26. The van der Waals surface area contributed by atoms with Crippen LogP contribution >= 0.6 is 0 Å². The van der Waals surface area contributed by atoms with Gasteiger partial charge in [-0.3, -0.25) is 19.0 Å². The van der Waals surface area contributed by atoms with Crippen LogP contribution in [-0.4, -0.2) is 62.3 Å². The van der Waals surface area contributed by atoms with Crippen molar-refractivity contribution < 1.29 is 9.59 Å². The number of H-pyrrole nitrogens is 1. The summed E-state index contributed by atoms with van der Waals surface area (Å²) in [7, 11) is 0. The molecule has 0 bridgehead atoms. The van der Waals surface area contributed by atoms with Gasteiger partial charge in [-0.25, -0.2) is 4.98 Å². The zero-order chi connectivity index (χ0) is 24.6. The quantitative estimate of drug-likeness (QED) is 0.456. The van der Waals surface area contributed by atoms with E-state index in [0.29, 0.717) is 62.2 Å². The van der Waals surface area contributed by atoms with Crippen molar-refractivity contribution in [3.63, 3.8) is 0 Å². The Balaban J connectivity index is 1.07. The van der Waals surface area contributed by atoms with Crippen molar-refractivity contribution >= 4 is 33.6 Å². The summed E-state index contributed by atoms with van der Waals surface area (Å²) >= 11 is 0. The van der Waals surface area contributed by atoms with Crippen molar-refractivity contribution in [2.75, 3.05) is 26.2 Å². The number of piperazine rings is 1. The highest BCUT2D eigenvalue weighted by molar-refractivity contribution is 5.89. The lowest BCUT2D eigenvalue weighted by atomic mass is 10.1. The molecule has 0 unspecified atom stereocenters. The highest BCUT2D eigenvalue weighted by Gasteiger charge is 2.29. The van der Waals surface area contributed by atoms with E-state index in [0.717, 1.165) is 29.3 Å². The third-order valence-electron chi connectivity index (χ3n) is 7.36. The molecule has 1 aliphatic carbocycles. The molecule has 1 saturated carbocycles. The second-order valence-corrected chi connectivity index (χ2v) is 9.75. The molecule has 1 aliphatic heterocycles. The number of aryl methyl sites for hydroxylation is 1. The van der Waals surface area contributed by atoms with Gasteiger partial charge in [-0.05, 0) is 36.6 Å². The number of aromatic nitrogens is 3. The maximum absolute atomic E-state index is 13.1. The average molecular weight is 484 g/mol. The van der Waals surface area contributed by atoms with Crippen LogP contribution < -0.4 is 5.56 Å². The van der Waals surface area contributed by atoms with Gasteiger partial charge >= 0.3 is 0 Å². The fraction of sp³-hybridized carbons (Fsp3) is 0.357. The minimum absolute atomic E-state index is 0.00660. The summed E-state index contributed by atoms with van der Waals surface area (Å²) in [5.41, 5.74) is 2.71. The van der Waals surface area contributed by atoms with Crippen molar-refractivity contribution in [3.05, 3.63) is 76.5 Å². The average Bonchev–Trinajstić information content (AvgIpc) is 3.67. The molecule has 1 saturated heterocycles. The van der Waals surface area contributed by atoms with Gasteiger partial charge in [0.15, 0.2) is 0 Å². The zero-order valence-corrected chi connectivity index (χ0v) is 20.2. The number of nitrogens with zero attached hydrogens (tertiary/aromatic N) is 4. The van der Waals surface area contributed by atoms with Gasteiger partial charge in [-0.15, -0.1) is 0 Å². The summed E-state index contributed by atoms with van der Waals surface area (Å²) in [6.45, 7) is 2.12. The van der Waals surface area contributed by atoms with Crippen molar-refractivity contribution in [2.24, 2.45) is 0 Å². The number of para-hydroxylation sites is 2. The molecule has 2 amide bonds. The first kappa shape index (κ1) is 22.5. The van der Waals surface area contributed by atoms with Gasteiger partial charge in [0.2, 0.25) is 11.8 Å². The van der Waals surface area contributed by atoms with Gasteiger partial charge in [0.1, 0.15) is 5.82 Å². The summed E-state index contributed by atoms with van der Waals surface area (Å²) in [6, 6.07) is 15.6. The summed E-state index contributed by atoms with van der Waals surface area (Å²) in [5, 5.41) is 1.71. The van der Waals surface area contributed by atoms with E-state index < -0.39 is 0 Å². The first-order valence-electron chi connectivity index (χ1n) is 12.7. The topological polar surface area (TPSA) is 91.3 Å². The Morgan fingerprint density at radius 3 is 2.31 bits per heavy atom. The van der Waals surface area contributed by atoms with Gasteiger partial charge in [-0.1, -0.05) is 30.3 Å². The van der Waals surface area contributed by atoms with Crippen LogP contribution in [0.15, 0.2) is 59.5 Å². The SMILES string of the molecule is O=C(CCc1nc2ccccc2c(=O)n1C1CC1)N1CCN(C(=O)Cc2c[nH]c3ccccc23)CC1. The van der Waals surface area contributed by atoms with E-state index in [2.05, 4.69) is 4.98 Å². The van der Waals surface area contributed by atoms with E-state index in [1.807, 2.05) is 64.5 Å². The van der Waals surface area contributed by atoms with Gasteiger partial charge in [0, 0.05) is 62.2 Å². The fourth-order valence-electron chi connectivity index (χ4n) is 5.21. The highest BCUT2D eigenvalue weighted by atomic mass is 16.2. The van der Waals surface area contributed by atoms with E-state index >= 15 is 0 Å².